The van der Waals surface area contributed by atoms with Crippen molar-refractivity contribution in [3.8, 4) is 0 Å². The minimum atomic E-state index is 0.0818. The van der Waals surface area contributed by atoms with Crippen molar-refractivity contribution in [1.82, 2.24) is 9.78 Å². The number of benzene rings is 1. The lowest BCUT2D eigenvalue weighted by Crippen LogP contribution is -2.05. The van der Waals surface area contributed by atoms with Gasteiger partial charge in [0.15, 0.2) is 0 Å². The van der Waals surface area contributed by atoms with Gasteiger partial charge in [0.05, 0.1) is 18.8 Å². The predicted molar refractivity (Wildman–Crippen MR) is 67.6 cm³/mol. The molecule has 0 spiro atoms. The van der Waals surface area contributed by atoms with E-state index in [1.807, 2.05) is 43.7 Å². The molecule has 0 amide bonds. The molecule has 0 fully saturated rings. The zero-order valence-electron chi connectivity index (χ0n) is 10.1. The van der Waals surface area contributed by atoms with Gasteiger partial charge in [-0.2, -0.15) is 5.10 Å². The second-order valence-electron chi connectivity index (χ2n) is 4.17. The molecule has 1 heterocycles. The summed E-state index contributed by atoms with van der Waals surface area (Å²) < 4.78 is 1.79. The van der Waals surface area contributed by atoms with E-state index in [0.717, 1.165) is 16.8 Å². The standard InChI is InChI=1S/C13H17N3O/c1-10(12-7-14-16(2)8-12)15-13-5-3-11(9-17)4-6-13/h3-8,10,15,17H,9H2,1-2H3. The molecule has 4 nitrogen and oxygen atoms in total. The van der Waals surface area contributed by atoms with E-state index >= 15 is 0 Å². The molecular formula is C13H17N3O. The number of aromatic nitrogens is 2. The first kappa shape index (κ1) is 11.7. The van der Waals surface area contributed by atoms with Crippen LogP contribution in [0.4, 0.5) is 5.69 Å². The summed E-state index contributed by atoms with van der Waals surface area (Å²) in [6, 6.07) is 7.98. The van der Waals surface area contributed by atoms with E-state index in [1.165, 1.54) is 0 Å². The van der Waals surface area contributed by atoms with Crippen molar-refractivity contribution in [3.63, 3.8) is 0 Å². The van der Waals surface area contributed by atoms with Crippen molar-refractivity contribution in [2.45, 2.75) is 19.6 Å². The first-order valence-corrected chi connectivity index (χ1v) is 5.64. The lowest BCUT2D eigenvalue weighted by molar-refractivity contribution is 0.282. The second-order valence-corrected chi connectivity index (χ2v) is 4.17. The molecule has 90 valence electrons. The summed E-state index contributed by atoms with van der Waals surface area (Å²) in [6.45, 7) is 2.18. The monoisotopic (exact) mass is 231 g/mol. The number of aliphatic hydroxyl groups is 1. The van der Waals surface area contributed by atoms with Gasteiger partial charge >= 0.3 is 0 Å². The summed E-state index contributed by atoms with van der Waals surface area (Å²) >= 11 is 0. The van der Waals surface area contributed by atoms with Crippen molar-refractivity contribution >= 4 is 5.69 Å². The van der Waals surface area contributed by atoms with Gasteiger partial charge in [-0.15, -0.1) is 0 Å². The lowest BCUT2D eigenvalue weighted by atomic mass is 10.1. The van der Waals surface area contributed by atoms with Crippen LogP contribution in [0.5, 0.6) is 0 Å². The van der Waals surface area contributed by atoms with Crippen LogP contribution in [0, 0.1) is 0 Å². The van der Waals surface area contributed by atoms with E-state index in [9.17, 15) is 0 Å². The quantitative estimate of drug-likeness (QED) is 0.847. The van der Waals surface area contributed by atoms with Gasteiger partial charge in [-0.3, -0.25) is 4.68 Å². The fraction of sp³-hybridized carbons (Fsp3) is 0.308. The highest BCUT2D eigenvalue weighted by Gasteiger charge is 2.06. The Labute approximate surface area is 101 Å². The molecule has 2 rings (SSSR count). The maximum atomic E-state index is 8.96. The molecule has 2 N–H and O–H groups in total. The van der Waals surface area contributed by atoms with Crippen LogP contribution in [0.1, 0.15) is 24.1 Å². The Kier molecular flexibility index (Phi) is 3.44. The summed E-state index contributed by atoms with van der Waals surface area (Å²) in [7, 11) is 1.91. The second kappa shape index (κ2) is 5.01. The van der Waals surface area contributed by atoms with E-state index in [1.54, 1.807) is 4.68 Å². The molecular weight excluding hydrogens is 214 g/mol. The zero-order valence-corrected chi connectivity index (χ0v) is 10.1. The molecule has 17 heavy (non-hydrogen) atoms. The van der Waals surface area contributed by atoms with Crippen LogP contribution in [0.2, 0.25) is 0 Å². The van der Waals surface area contributed by atoms with Gasteiger partial charge < -0.3 is 10.4 Å². The number of aliphatic hydroxyl groups excluding tert-OH is 1. The van der Waals surface area contributed by atoms with Crippen LogP contribution < -0.4 is 5.32 Å². The average molecular weight is 231 g/mol. The van der Waals surface area contributed by atoms with Crippen LogP contribution >= 0.6 is 0 Å². The van der Waals surface area contributed by atoms with Crippen molar-refractivity contribution in [2.24, 2.45) is 7.05 Å². The van der Waals surface area contributed by atoms with E-state index in [4.69, 9.17) is 5.11 Å². The topological polar surface area (TPSA) is 50.1 Å². The summed E-state index contributed by atoms with van der Waals surface area (Å²) in [5.41, 5.74) is 3.11. The third kappa shape index (κ3) is 2.85. The minimum Gasteiger partial charge on any atom is -0.392 e. The van der Waals surface area contributed by atoms with Crippen molar-refractivity contribution < 1.29 is 5.11 Å². The van der Waals surface area contributed by atoms with E-state index in [-0.39, 0.29) is 12.6 Å². The van der Waals surface area contributed by atoms with Crippen molar-refractivity contribution in [2.75, 3.05) is 5.32 Å². The molecule has 0 saturated heterocycles. The van der Waals surface area contributed by atoms with Crippen LogP contribution in [-0.2, 0) is 13.7 Å². The van der Waals surface area contributed by atoms with Gasteiger partial charge in [-0.25, -0.2) is 0 Å². The third-order valence-electron chi connectivity index (χ3n) is 2.74. The Balaban J connectivity index is 2.04. The molecule has 1 aromatic heterocycles. The van der Waals surface area contributed by atoms with E-state index in [0.29, 0.717) is 0 Å². The Morgan fingerprint density at radius 2 is 2.06 bits per heavy atom. The maximum absolute atomic E-state index is 8.96. The van der Waals surface area contributed by atoms with Gasteiger partial charge in [-0.1, -0.05) is 12.1 Å². The summed E-state index contributed by atoms with van der Waals surface area (Å²) in [5.74, 6) is 0. The Morgan fingerprint density at radius 3 is 2.59 bits per heavy atom. The zero-order chi connectivity index (χ0) is 12.3. The molecule has 0 aliphatic heterocycles. The van der Waals surface area contributed by atoms with Crippen LogP contribution in [0.15, 0.2) is 36.7 Å². The van der Waals surface area contributed by atoms with Crippen LogP contribution in [0.3, 0.4) is 0 Å². The predicted octanol–water partition coefficient (Wildman–Crippen LogP) is 2.09. The molecule has 0 radical (unpaired) electrons. The van der Waals surface area contributed by atoms with Crippen LogP contribution in [0.25, 0.3) is 0 Å². The molecule has 1 atom stereocenters. The lowest BCUT2D eigenvalue weighted by Gasteiger charge is -2.13. The Morgan fingerprint density at radius 1 is 1.35 bits per heavy atom. The Hall–Kier alpha value is -1.81. The van der Waals surface area contributed by atoms with Gasteiger partial charge in [0, 0.05) is 24.5 Å². The number of anilines is 1. The highest BCUT2D eigenvalue weighted by atomic mass is 16.3. The first-order valence-electron chi connectivity index (χ1n) is 5.64. The fourth-order valence-electron chi connectivity index (χ4n) is 1.70. The van der Waals surface area contributed by atoms with Crippen molar-refractivity contribution in [1.29, 1.82) is 0 Å². The van der Waals surface area contributed by atoms with Crippen LogP contribution in [-0.4, -0.2) is 14.9 Å². The molecule has 0 saturated carbocycles. The average Bonchev–Trinajstić information content (AvgIpc) is 2.77. The number of rotatable bonds is 4. The third-order valence-corrected chi connectivity index (χ3v) is 2.74. The normalized spacial score (nSPS) is 12.4. The maximum Gasteiger partial charge on any atom is 0.0681 e. The molecule has 0 aliphatic carbocycles. The van der Waals surface area contributed by atoms with E-state index in [2.05, 4.69) is 17.3 Å². The van der Waals surface area contributed by atoms with Gasteiger partial charge in [0.1, 0.15) is 0 Å². The van der Waals surface area contributed by atoms with E-state index < -0.39 is 0 Å². The molecule has 0 bridgehead atoms. The number of nitrogens with zero attached hydrogens (tertiary/aromatic N) is 2. The smallest absolute Gasteiger partial charge is 0.0681 e. The Bertz CT molecular complexity index is 476. The highest BCUT2D eigenvalue weighted by molar-refractivity contribution is 5.46. The van der Waals surface area contributed by atoms with Gasteiger partial charge in [0.25, 0.3) is 0 Å². The minimum absolute atomic E-state index is 0.0818. The highest BCUT2D eigenvalue weighted by Crippen LogP contribution is 2.18. The molecule has 4 heteroatoms. The molecule has 1 aromatic carbocycles. The number of aryl methyl sites for hydroxylation is 1. The molecule has 0 aliphatic rings. The van der Waals surface area contributed by atoms with Gasteiger partial charge in [-0.05, 0) is 24.6 Å². The SMILES string of the molecule is CC(Nc1ccc(CO)cc1)c1cnn(C)c1. The van der Waals surface area contributed by atoms with Crippen molar-refractivity contribution in [3.05, 3.63) is 47.8 Å². The number of hydrogen-bond donors (Lipinski definition) is 2. The number of hydrogen-bond acceptors (Lipinski definition) is 3. The summed E-state index contributed by atoms with van der Waals surface area (Å²) in [5, 5.41) is 16.5. The summed E-state index contributed by atoms with van der Waals surface area (Å²) in [6.07, 6.45) is 3.86. The fourth-order valence-corrected chi connectivity index (χ4v) is 1.70. The summed E-state index contributed by atoms with van der Waals surface area (Å²) in [4.78, 5) is 0. The molecule has 2 aromatic rings. The first-order chi connectivity index (χ1) is 8.19. The van der Waals surface area contributed by atoms with Gasteiger partial charge in [0.2, 0.25) is 0 Å². The number of nitrogens with one attached hydrogen (secondary N) is 1. The molecule has 1 unspecified atom stereocenters. The largest absolute Gasteiger partial charge is 0.392 e.